The lowest BCUT2D eigenvalue weighted by atomic mass is 9.82. The number of fused-ring (bicyclic) bond motifs is 9. The van der Waals surface area contributed by atoms with Crippen LogP contribution in [0.3, 0.4) is 0 Å². The fraction of sp³-hybridized carbons (Fsp3) is 0.0526. The average molecular weight is 770 g/mol. The quantitative estimate of drug-likeness (QED) is 0.169. The van der Waals surface area contributed by atoms with Gasteiger partial charge in [0.15, 0.2) is 0 Å². The molecular formula is C57H39NO2. The molecule has 0 saturated carbocycles. The molecule has 2 heterocycles. The normalized spacial score (nSPS) is 13.0. The molecule has 12 rings (SSSR count). The van der Waals surface area contributed by atoms with E-state index in [1.807, 2.05) is 12.1 Å². The third-order valence-electron chi connectivity index (χ3n) is 12.7. The third kappa shape index (κ3) is 5.15. The van der Waals surface area contributed by atoms with E-state index in [0.29, 0.717) is 0 Å². The summed E-state index contributed by atoms with van der Waals surface area (Å²) in [6.45, 7) is 4.70. The second-order valence-corrected chi connectivity index (χ2v) is 16.4. The molecule has 2 aromatic heterocycles. The van der Waals surface area contributed by atoms with Gasteiger partial charge in [0.2, 0.25) is 0 Å². The van der Waals surface area contributed by atoms with Gasteiger partial charge in [0, 0.05) is 38.5 Å². The van der Waals surface area contributed by atoms with Crippen molar-refractivity contribution in [1.82, 2.24) is 0 Å². The first-order chi connectivity index (χ1) is 29.5. The monoisotopic (exact) mass is 769 g/mol. The van der Waals surface area contributed by atoms with Crippen molar-refractivity contribution in [3.63, 3.8) is 0 Å². The predicted molar refractivity (Wildman–Crippen MR) is 250 cm³/mol. The number of nitrogens with zero attached hydrogens (tertiary/aromatic N) is 1. The first kappa shape index (κ1) is 34.4. The van der Waals surface area contributed by atoms with Gasteiger partial charge in [-0.05, 0) is 105 Å². The highest BCUT2D eigenvalue weighted by molar-refractivity contribution is 6.19. The summed E-state index contributed by atoms with van der Waals surface area (Å²) in [7, 11) is 0. The molecule has 0 saturated heterocycles. The molecule has 0 N–H and O–H groups in total. The number of rotatable bonds is 6. The van der Waals surface area contributed by atoms with Crippen LogP contribution in [-0.2, 0) is 5.41 Å². The Bertz CT molecular complexity index is 3460. The first-order valence-corrected chi connectivity index (χ1v) is 20.7. The largest absolute Gasteiger partial charge is 0.456 e. The molecule has 3 heteroatoms. The van der Waals surface area contributed by atoms with Crippen molar-refractivity contribution in [2.24, 2.45) is 0 Å². The molecule has 0 aliphatic heterocycles. The summed E-state index contributed by atoms with van der Waals surface area (Å²) >= 11 is 0. The van der Waals surface area contributed by atoms with Crippen molar-refractivity contribution >= 4 is 60.9 Å². The zero-order valence-electron chi connectivity index (χ0n) is 33.3. The number of hydrogen-bond donors (Lipinski definition) is 0. The molecule has 0 radical (unpaired) electrons. The molecule has 60 heavy (non-hydrogen) atoms. The molecule has 0 unspecified atom stereocenters. The molecule has 1 aliphatic rings. The highest BCUT2D eigenvalue weighted by Crippen LogP contribution is 2.53. The van der Waals surface area contributed by atoms with E-state index in [-0.39, 0.29) is 5.41 Å². The Hall–Kier alpha value is -7.62. The maximum atomic E-state index is 7.02. The smallest absolute Gasteiger partial charge is 0.145 e. The maximum absolute atomic E-state index is 7.02. The summed E-state index contributed by atoms with van der Waals surface area (Å²) < 4.78 is 13.4. The summed E-state index contributed by atoms with van der Waals surface area (Å²) in [6, 6.07) is 71.8. The summed E-state index contributed by atoms with van der Waals surface area (Å²) in [5, 5.41) is 4.37. The predicted octanol–water partition coefficient (Wildman–Crippen LogP) is 16.3. The van der Waals surface area contributed by atoms with Crippen LogP contribution in [0, 0.1) is 0 Å². The fourth-order valence-corrected chi connectivity index (χ4v) is 9.85. The zero-order chi connectivity index (χ0) is 40.0. The van der Waals surface area contributed by atoms with Crippen molar-refractivity contribution in [2.45, 2.75) is 19.3 Å². The van der Waals surface area contributed by atoms with Crippen LogP contribution in [0.5, 0.6) is 0 Å². The molecular weight excluding hydrogens is 731 g/mol. The van der Waals surface area contributed by atoms with Crippen LogP contribution in [0.25, 0.3) is 88.4 Å². The minimum atomic E-state index is -0.154. The third-order valence-corrected chi connectivity index (χ3v) is 12.7. The molecule has 0 amide bonds. The number of hydrogen-bond acceptors (Lipinski definition) is 3. The van der Waals surface area contributed by atoms with Crippen LogP contribution >= 0.6 is 0 Å². The lowest BCUT2D eigenvalue weighted by Gasteiger charge is -2.29. The van der Waals surface area contributed by atoms with Crippen LogP contribution in [0.15, 0.2) is 209 Å². The second kappa shape index (κ2) is 13.2. The topological polar surface area (TPSA) is 29.5 Å². The van der Waals surface area contributed by atoms with Gasteiger partial charge < -0.3 is 13.7 Å². The van der Waals surface area contributed by atoms with E-state index in [0.717, 1.165) is 83.2 Å². The Morgan fingerprint density at radius 1 is 0.367 bits per heavy atom. The molecule has 3 nitrogen and oxygen atoms in total. The highest BCUT2D eigenvalue weighted by Gasteiger charge is 2.36. The molecule has 0 fully saturated rings. The molecule has 0 spiro atoms. The Morgan fingerprint density at radius 2 is 0.917 bits per heavy atom. The van der Waals surface area contributed by atoms with Gasteiger partial charge >= 0.3 is 0 Å². The fourth-order valence-electron chi connectivity index (χ4n) is 9.85. The Kier molecular flexibility index (Phi) is 7.58. The van der Waals surface area contributed by atoms with Crippen LogP contribution in [0.4, 0.5) is 17.1 Å². The Labute approximate surface area is 348 Å². The lowest BCUT2D eigenvalue weighted by molar-refractivity contribution is 0.660. The first-order valence-electron chi connectivity index (χ1n) is 20.7. The van der Waals surface area contributed by atoms with Crippen molar-refractivity contribution in [3.05, 3.63) is 211 Å². The van der Waals surface area contributed by atoms with Crippen molar-refractivity contribution in [2.75, 3.05) is 4.90 Å². The van der Waals surface area contributed by atoms with Gasteiger partial charge in [0.05, 0.1) is 11.1 Å². The van der Waals surface area contributed by atoms with Gasteiger partial charge in [-0.15, -0.1) is 0 Å². The van der Waals surface area contributed by atoms with E-state index in [1.165, 1.54) is 33.4 Å². The maximum Gasteiger partial charge on any atom is 0.145 e. The van der Waals surface area contributed by atoms with Gasteiger partial charge in [-0.25, -0.2) is 0 Å². The zero-order valence-corrected chi connectivity index (χ0v) is 33.3. The van der Waals surface area contributed by atoms with Crippen molar-refractivity contribution in [1.29, 1.82) is 0 Å². The Balaban J connectivity index is 1.10. The van der Waals surface area contributed by atoms with Crippen LogP contribution in [0.1, 0.15) is 25.0 Å². The van der Waals surface area contributed by atoms with Crippen molar-refractivity contribution < 1.29 is 8.83 Å². The van der Waals surface area contributed by atoms with E-state index in [2.05, 4.69) is 207 Å². The van der Waals surface area contributed by atoms with Gasteiger partial charge in [0.1, 0.15) is 22.3 Å². The molecule has 0 bridgehead atoms. The SMILES string of the molecule is CC1(C)c2ccccc2-c2ccc(N(c3ccc(-c4ccccc4)cc3)c3ccc(-c4ccccc4-c4cccc5oc6ccccc6c45)c4oc5ccccc5c34)cc21. The van der Waals surface area contributed by atoms with E-state index in [9.17, 15) is 0 Å². The van der Waals surface area contributed by atoms with Gasteiger partial charge in [0.25, 0.3) is 0 Å². The number of anilines is 3. The van der Waals surface area contributed by atoms with Crippen LogP contribution in [0.2, 0.25) is 0 Å². The summed E-state index contributed by atoms with van der Waals surface area (Å²) in [4.78, 5) is 2.42. The van der Waals surface area contributed by atoms with E-state index in [4.69, 9.17) is 8.83 Å². The minimum Gasteiger partial charge on any atom is -0.456 e. The summed E-state index contributed by atoms with van der Waals surface area (Å²) in [5.74, 6) is 0. The number of benzene rings is 9. The van der Waals surface area contributed by atoms with Gasteiger partial charge in [-0.3, -0.25) is 0 Å². The average Bonchev–Trinajstić information content (AvgIpc) is 3.95. The minimum absolute atomic E-state index is 0.154. The number of para-hydroxylation sites is 2. The second-order valence-electron chi connectivity index (χ2n) is 16.4. The summed E-state index contributed by atoms with van der Waals surface area (Å²) in [5.41, 5.74) is 18.6. The molecule has 1 aliphatic carbocycles. The van der Waals surface area contributed by atoms with E-state index >= 15 is 0 Å². The Morgan fingerprint density at radius 3 is 1.70 bits per heavy atom. The lowest BCUT2D eigenvalue weighted by Crippen LogP contribution is -2.16. The molecule has 11 aromatic rings. The van der Waals surface area contributed by atoms with Crippen LogP contribution < -0.4 is 4.90 Å². The number of furan rings is 2. The van der Waals surface area contributed by atoms with E-state index in [1.54, 1.807) is 0 Å². The van der Waals surface area contributed by atoms with Crippen molar-refractivity contribution in [3.8, 4) is 44.5 Å². The van der Waals surface area contributed by atoms with E-state index < -0.39 is 0 Å². The van der Waals surface area contributed by atoms with Gasteiger partial charge in [-0.1, -0.05) is 159 Å². The van der Waals surface area contributed by atoms with Gasteiger partial charge in [-0.2, -0.15) is 0 Å². The molecule has 0 atom stereocenters. The summed E-state index contributed by atoms with van der Waals surface area (Å²) in [6.07, 6.45) is 0. The standard InChI is InChI=1S/C57H39NO2/c1-57(2)48-23-11-8-19-42(48)43-32-31-39(35-49(43)57)58(38-29-27-37(28-30-38)36-15-4-3-5-16-36)50-34-33-45(56-55(50)47-21-10-13-25-52(47)60-56)41-18-7-6-17-40(41)44-22-14-26-53-54(44)46-20-9-12-24-51(46)59-53/h3-35H,1-2H3. The molecule has 284 valence electrons. The van der Waals surface area contributed by atoms with Crippen LogP contribution in [-0.4, -0.2) is 0 Å². The highest BCUT2D eigenvalue weighted by atomic mass is 16.3. The molecule has 9 aromatic carbocycles.